The minimum absolute atomic E-state index is 0.157. The van der Waals surface area contributed by atoms with Crippen molar-refractivity contribution in [3.8, 4) is 0 Å². The predicted octanol–water partition coefficient (Wildman–Crippen LogP) is 9.11. The SMILES string of the molecule is C=C(N/C(C=C1CCC(c2ccccc2CN2CCCC2=O)CC1)=C\c1ccc(Cl)cc1)c1cc(=O)c2ccc(Cl)cc2o1. The minimum Gasteiger partial charge on any atom is -0.454 e. The maximum absolute atomic E-state index is 12.8. The number of hydrogen-bond donors (Lipinski definition) is 1. The quantitative estimate of drug-likeness (QED) is 0.212. The maximum Gasteiger partial charge on any atom is 0.222 e. The van der Waals surface area contributed by atoms with Gasteiger partial charge >= 0.3 is 0 Å². The van der Waals surface area contributed by atoms with Crippen molar-refractivity contribution in [2.75, 3.05) is 6.54 Å². The van der Waals surface area contributed by atoms with Gasteiger partial charge in [-0.1, -0.05) is 71.8 Å². The fourth-order valence-electron chi connectivity index (χ4n) is 6.18. The summed E-state index contributed by atoms with van der Waals surface area (Å²) in [4.78, 5) is 27.1. The molecule has 2 aliphatic rings. The lowest BCUT2D eigenvalue weighted by Crippen LogP contribution is -2.25. The zero-order chi connectivity index (χ0) is 30.6. The molecule has 6 rings (SSSR count). The second-order valence-electron chi connectivity index (χ2n) is 11.6. The smallest absolute Gasteiger partial charge is 0.222 e. The highest BCUT2D eigenvalue weighted by atomic mass is 35.5. The van der Waals surface area contributed by atoms with Gasteiger partial charge in [0.15, 0.2) is 11.2 Å². The topological polar surface area (TPSA) is 62.6 Å². The van der Waals surface area contributed by atoms with Crippen LogP contribution < -0.4 is 10.7 Å². The number of amides is 1. The van der Waals surface area contributed by atoms with Gasteiger partial charge in [-0.2, -0.15) is 0 Å². The molecule has 0 atom stereocenters. The van der Waals surface area contributed by atoms with Crippen LogP contribution in [0.5, 0.6) is 0 Å². The first kappa shape index (κ1) is 30.0. The van der Waals surface area contributed by atoms with Crippen LogP contribution in [0.1, 0.15) is 66.9 Å². The Balaban J connectivity index is 1.22. The van der Waals surface area contributed by atoms with Crippen molar-refractivity contribution >= 4 is 51.9 Å². The molecule has 1 aliphatic carbocycles. The number of nitrogens with one attached hydrogen (secondary N) is 1. The van der Waals surface area contributed by atoms with Gasteiger partial charge in [-0.05, 0) is 91.1 Å². The minimum atomic E-state index is -0.157. The molecule has 0 unspecified atom stereocenters. The van der Waals surface area contributed by atoms with Crippen molar-refractivity contribution < 1.29 is 9.21 Å². The average Bonchev–Trinajstić information content (AvgIpc) is 3.42. The Hall–Kier alpha value is -4.06. The van der Waals surface area contributed by atoms with Crippen LogP contribution in [-0.2, 0) is 11.3 Å². The van der Waals surface area contributed by atoms with E-state index >= 15 is 0 Å². The summed E-state index contributed by atoms with van der Waals surface area (Å²) < 4.78 is 6.03. The number of allylic oxidation sites excluding steroid dienone is 2. The summed E-state index contributed by atoms with van der Waals surface area (Å²) in [5.41, 5.74) is 6.51. The van der Waals surface area contributed by atoms with E-state index in [1.54, 1.807) is 18.2 Å². The van der Waals surface area contributed by atoms with Gasteiger partial charge in [0.25, 0.3) is 0 Å². The van der Waals surface area contributed by atoms with Crippen LogP contribution in [0, 0.1) is 0 Å². The van der Waals surface area contributed by atoms with Gasteiger partial charge in [0.05, 0.1) is 11.1 Å². The largest absolute Gasteiger partial charge is 0.454 e. The molecule has 1 saturated heterocycles. The number of benzene rings is 3. The van der Waals surface area contributed by atoms with Crippen LogP contribution in [0.2, 0.25) is 10.0 Å². The number of carbonyl (C=O) groups excluding carboxylic acids is 1. The third-order valence-electron chi connectivity index (χ3n) is 8.49. The van der Waals surface area contributed by atoms with E-state index in [4.69, 9.17) is 27.6 Å². The molecule has 7 heteroatoms. The molecule has 0 radical (unpaired) electrons. The Morgan fingerprint density at radius 1 is 0.955 bits per heavy atom. The highest BCUT2D eigenvalue weighted by Gasteiger charge is 2.24. The van der Waals surface area contributed by atoms with Gasteiger partial charge in [0, 0.05) is 47.4 Å². The third-order valence-corrected chi connectivity index (χ3v) is 8.98. The first-order chi connectivity index (χ1) is 21.3. The molecule has 4 aromatic rings. The fourth-order valence-corrected chi connectivity index (χ4v) is 6.47. The number of hydrogen-bond acceptors (Lipinski definition) is 4. The molecule has 3 aromatic carbocycles. The second-order valence-corrected chi connectivity index (χ2v) is 12.4. The van der Waals surface area contributed by atoms with Crippen molar-refractivity contribution in [3.63, 3.8) is 0 Å². The zero-order valence-corrected chi connectivity index (χ0v) is 26.0. The highest BCUT2D eigenvalue weighted by Crippen LogP contribution is 2.38. The molecular weight excluding hydrogens is 591 g/mol. The summed E-state index contributed by atoms with van der Waals surface area (Å²) in [5.74, 6) is 1.06. The number of halogens is 2. The summed E-state index contributed by atoms with van der Waals surface area (Å²) >= 11 is 12.3. The van der Waals surface area contributed by atoms with E-state index in [1.165, 1.54) is 22.8 Å². The highest BCUT2D eigenvalue weighted by molar-refractivity contribution is 6.31. The normalized spacial score (nSPS) is 17.3. The van der Waals surface area contributed by atoms with E-state index in [9.17, 15) is 9.59 Å². The Morgan fingerprint density at radius 3 is 2.45 bits per heavy atom. The molecule has 1 amide bonds. The number of nitrogens with zero attached hydrogens (tertiary/aromatic N) is 1. The van der Waals surface area contributed by atoms with Crippen molar-refractivity contribution in [1.82, 2.24) is 10.2 Å². The molecule has 224 valence electrons. The van der Waals surface area contributed by atoms with Gasteiger partial charge in [-0.15, -0.1) is 0 Å². The average molecular weight is 626 g/mol. The molecule has 5 nitrogen and oxygen atoms in total. The van der Waals surface area contributed by atoms with Crippen LogP contribution in [-0.4, -0.2) is 17.4 Å². The van der Waals surface area contributed by atoms with Crippen LogP contribution in [0.4, 0.5) is 0 Å². The predicted molar refractivity (Wildman–Crippen MR) is 179 cm³/mol. The lowest BCUT2D eigenvalue weighted by Gasteiger charge is -2.28. The zero-order valence-electron chi connectivity index (χ0n) is 24.5. The maximum atomic E-state index is 12.8. The van der Waals surface area contributed by atoms with Crippen LogP contribution in [0.25, 0.3) is 22.7 Å². The standard InChI is InChI=1S/C37H34Cl2N2O3/c1-24(35-22-34(42)33-17-16-30(39)21-36(33)44-35)40-31(20-26-10-14-29(38)15-11-26)19-25-8-12-27(13-9-25)32-6-3-2-5-28(32)23-41-18-4-7-37(41)43/h2-3,5-6,10-11,14-17,19-22,27,40H,1,4,7-9,12-13,18,23H2/b25-19?,31-20-. The van der Waals surface area contributed by atoms with Gasteiger partial charge in [-0.25, -0.2) is 0 Å². The summed E-state index contributed by atoms with van der Waals surface area (Å²) in [6.07, 6.45) is 9.81. The molecule has 1 aliphatic heterocycles. The van der Waals surface area contributed by atoms with Gasteiger partial charge < -0.3 is 14.6 Å². The van der Waals surface area contributed by atoms with E-state index in [1.807, 2.05) is 35.2 Å². The van der Waals surface area contributed by atoms with E-state index in [0.29, 0.717) is 51.4 Å². The van der Waals surface area contributed by atoms with Crippen LogP contribution >= 0.6 is 23.2 Å². The fraction of sp³-hybridized carbons (Fsp3) is 0.243. The molecule has 0 bridgehead atoms. The molecule has 1 aromatic heterocycles. The monoisotopic (exact) mass is 624 g/mol. The first-order valence-electron chi connectivity index (χ1n) is 15.0. The Kier molecular flexibility index (Phi) is 9.06. The first-order valence-corrected chi connectivity index (χ1v) is 15.8. The molecule has 44 heavy (non-hydrogen) atoms. The van der Waals surface area contributed by atoms with Crippen molar-refractivity contribution in [2.24, 2.45) is 0 Å². The molecule has 2 heterocycles. The van der Waals surface area contributed by atoms with Gasteiger partial charge in [0.2, 0.25) is 5.91 Å². The van der Waals surface area contributed by atoms with E-state index in [2.05, 4.69) is 42.2 Å². The molecule has 2 fully saturated rings. The Bertz CT molecular complexity index is 1830. The van der Waals surface area contributed by atoms with Gasteiger partial charge in [0.1, 0.15) is 5.58 Å². The van der Waals surface area contributed by atoms with Crippen molar-refractivity contribution in [1.29, 1.82) is 0 Å². The number of carbonyl (C=O) groups is 1. The molecule has 1 saturated carbocycles. The summed E-state index contributed by atoms with van der Waals surface area (Å²) in [6, 6.07) is 22.7. The lowest BCUT2D eigenvalue weighted by molar-refractivity contribution is -0.128. The lowest BCUT2D eigenvalue weighted by atomic mass is 9.79. The summed E-state index contributed by atoms with van der Waals surface area (Å²) in [6.45, 7) is 5.75. The Morgan fingerprint density at radius 2 is 1.70 bits per heavy atom. The third kappa shape index (κ3) is 7.01. The van der Waals surface area contributed by atoms with Crippen molar-refractivity contribution in [3.05, 3.63) is 139 Å². The van der Waals surface area contributed by atoms with Crippen molar-refractivity contribution in [2.45, 2.75) is 51.0 Å². The van der Waals surface area contributed by atoms with E-state index in [0.717, 1.165) is 49.9 Å². The summed E-state index contributed by atoms with van der Waals surface area (Å²) in [5, 5.41) is 5.03. The molecule has 1 N–H and O–H groups in total. The Labute approximate surface area is 267 Å². The van der Waals surface area contributed by atoms with E-state index in [-0.39, 0.29) is 11.3 Å². The number of likely N-dealkylation sites (tertiary alicyclic amines) is 1. The number of rotatable bonds is 8. The van der Waals surface area contributed by atoms with E-state index < -0.39 is 0 Å². The molecular formula is C37H34Cl2N2O3. The van der Waals surface area contributed by atoms with Gasteiger partial charge in [-0.3, -0.25) is 9.59 Å². The second kappa shape index (κ2) is 13.3. The number of fused-ring (bicyclic) bond motifs is 1. The van der Waals surface area contributed by atoms with Crippen LogP contribution in [0.15, 0.2) is 106 Å². The summed E-state index contributed by atoms with van der Waals surface area (Å²) in [7, 11) is 0. The van der Waals surface area contributed by atoms with Crippen LogP contribution in [0.3, 0.4) is 0 Å². The molecule has 0 spiro atoms.